The number of nitro groups is 1. The van der Waals surface area contributed by atoms with E-state index in [0.717, 1.165) is 0 Å². The zero-order valence-electron chi connectivity index (χ0n) is 17.2. The van der Waals surface area contributed by atoms with Gasteiger partial charge < -0.3 is 14.2 Å². The number of nitrogens with zero attached hydrogens (tertiary/aromatic N) is 2. The number of esters is 1. The molecule has 2 aliphatic heterocycles. The van der Waals surface area contributed by atoms with Gasteiger partial charge in [0, 0.05) is 34.9 Å². The Hall–Kier alpha value is -3.23. The molecule has 1 unspecified atom stereocenters. The van der Waals surface area contributed by atoms with Gasteiger partial charge in [0.15, 0.2) is 17.3 Å². The van der Waals surface area contributed by atoms with Gasteiger partial charge in [-0.15, -0.1) is 0 Å². The van der Waals surface area contributed by atoms with Gasteiger partial charge in [-0.25, -0.2) is 0 Å². The van der Waals surface area contributed by atoms with Crippen LogP contribution in [0.1, 0.15) is 45.1 Å². The topological polar surface area (TPSA) is 117 Å². The molecule has 2 atom stereocenters. The molecular weight excluding hydrogens is 392 g/mol. The van der Waals surface area contributed by atoms with Crippen LogP contribution in [0.15, 0.2) is 28.4 Å². The molecule has 0 radical (unpaired) electrons. The van der Waals surface area contributed by atoms with Crippen molar-refractivity contribution < 1.29 is 28.7 Å². The molecule has 1 aliphatic carbocycles. The number of rotatable bonds is 3. The minimum absolute atomic E-state index is 0.0530. The summed E-state index contributed by atoms with van der Waals surface area (Å²) in [5.41, 5.74) is 1.07. The third kappa shape index (κ3) is 3.14. The number of ether oxygens (including phenoxy) is 3. The minimum atomic E-state index is -0.946. The molecule has 0 spiro atoms. The fourth-order valence-electron chi connectivity index (χ4n) is 4.57. The molecule has 1 aromatic rings. The molecule has 0 saturated heterocycles. The molecule has 0 amide bonds. The van der Waals surface area contributed by atoms with Crippen LogP contribution in [0.2, 0.25) is 0 Å². The Morgan fingerprint density at radius 3 is 2.57 bits per heavy atom. The van der Waals surface area contributed by atoms with Crippen molar-refractivity contribution in [2.75, 3.05) is 13.9 Å². The fourth-order valence-corrected chi connectivity index (χ4v) is 4.57. The first-order valence-corrected chi connectivity index (χ1v) is 9.60. The Labute approximate surface area is 172 Å². The van der Waals surface area contributed by atoms with Gasteiger partial charge in [0.05, 0.1) is 18.1 Å². The third-order valence-electron chi connectivity index (χ3n) is 5.81. The average molecular weight is 414 g/mol. The molecule has 9 nitrogen and oxygen atoms in total. The Balaban J connectivity index is 1.98. The van der Waals surface area contributed by atoms with E-state index in [1.165, 1.54) is 19.2 Å². The molecule has 1 aromatic carbocycles. The summed E-state index contributed by atoms with van der Waals surface area (Å²) in [5, 5.41) is 11.9. The summed E-state index contributed by atoms with van der Waals surface area (Å²) in [6, 6.07) is 2.78. The van der Waals surface area contributed by atoms with Crippen molar-refractivity contribution in [3.8, 4) is 11.5 Å². The number of benzene rings is 1. The molecule has 0 N–H and O–H groups in total. The van der Waals surface area contributed by atoms with Gasteiger partial charge in [-0.05, 0) is 24.8 Å². The van der Waals surface area contributed by atoms with E-state index in [2.05, 4.69) is 4.99 Å². The van der Waals surface area contributed by atoms with E-state index in [9.17, 15) is 19.7 Å². The molecule has 9 heteroatoms. The van der Waals surface area contributed by atoms with Crippen molar-refractivity contribution in [1.82, 2.24) is 0 Å². The van der Waals surface area contributed by atoms with E-state index in [4.69, 9.17) is 14.2 Å². The lowest BCUT2D eigenvalue weighted by Gasteiger charge is -2.38. The van der Waals surface area contributed by atoms with E-state index in [0.29, 0.717) is 29.2 Å². The number of nitro benzene ring substituents is 1. The number of methoxy groups -OCH3 is 1. The van der Waals surface area contributed by atoms with Crippen LogP contribution in [-0.2, 0) is 14.3 Å². The van der Waals surface area contributed by atoms with Crippen LogP contribution >= 0.6 is 0 Å². The van der Waals surface area contributed by atoms with Crippen molar-refractivity contribution in [3.05, 3.63) is 39.1 Å². The highest BCUT2D eigenvalue weighted by Crippen LogP contribution is 2.51. The standard InChI is InChI=1S/C21H22N2O7/c1-10-17(20(25)28-4)18(19-12(22-10)7-21(2,3)8-14(19)24)11-5-15-16(30-9-29-15)6-13(11)23(26)27/h5-6,17-18H,7-9H2,1-4H3/t17?,18-/m1/s1. The van der Waals surface area contributed by atoms with Gasteiger partial charge >= 0.3 is 5.97 Å². The van der Waals surface area contributed by atoms with Crippen molar-refractivity contribution >= 4 is 23.2 Å². The Morgan fingerprint density at radius 2 is 1.93 bits per heavy atom. The van der Waals surface area contributed by atoms with E-state index < -0.39 is 22.7 Å². The average Bonchev–Trinajstić information content (AvgIpc) is 3.11. The number of fused-ring (bicyclic) bond motifs is 1. The third-order valence-corrected chi connectivity index (χ3v) is 5.81. The van der Waals surface area contributed by atoms with Crippen LogP contribution in [0.5, 0.6) is 11.5 Å². The quantitative estimate of drug-likeness (QED) is 0.423. The molecule has 0 fully saturated rings. The van der Waals surface area contributed by atoms with Gasteiger partial charge in [-0.2, -0.15) is 0 Å². The highest BCUT2D eigenvalue weighted by Gasteiger charge is 2.48. The van der Waals surface area contributed by atoms with Gasteiger partial charge in [0.25, 0.3) is 5.69 Å². The van der Waals surface area contributed by atoms with E-state index in [-0.39, 0.29) is 41.4 Å². The largest absolute Gasteiger partial charge is 0.468 e. The Kier molecular flexibility index (Phi) is 4.63. The second kappa shape index (κ2) is 6.93. The van der Waals surface area contributed by atoms with E-state index in [1.54, 1.807) is 6.92 Å². The summed E-state index contributed by atoms with van der Waals surface area (Å²) < 4.78 is 15.7. The molecule has 30 heavy (non-hydrogen) atoms. The molecule has 158 valence electrons. The van der Waals surface area contributed by atoms with Crippen LogP contribution < -0.4 is 9.47 Å². The molecular formula is C21H22N2O7. The Bertz CT molecular complexity index is 1040. The first kappa shape index (κ1) is 20.1. The second-order valence-corrected chi connectivity index (χ2v) is 8.55. The molecule has 2 heterocycles. The summed E-state index contributed by atoms with van der Waals surface area (Å²) in [4.78, 5) is 41.9. The first-order valence-electron chi connectivity index (χ1n) is 9.60. The smallest absolute Gasteiger partial charge is 0.315 e. The van der Waals surface area contributed by atoms with Gasteiger partial charge in [-0.3, -0.25) is 24.7 Å². The number of hydrogen-bond donors (Lipinski definition) is 0. The summed E-state index contributed by atoms with van der Waals surface area (Å²) in [6.45, 7) is 5.58. The normalized spacial score (nSPS) is 24.3. The fraction of sp³-hybridized carbons (Fsp3) is 0.476. The number of allylic oxidation sites excluding steroid dienone is 2. The lowest BCUT2D eigenvalue weighted by atomic mass is 9.66. The molecule has 0 aromatic heterocycles. The zero-order chi connectivity index (χ0) is 21.8. The van der Waals surface area contributed by atoms with Crippen molar-refractivity contribution in [2.45, 2.75) is 39.5 Å². The summed E-state index contributed by atoms with van der Waals surface area (Å²) in [7, 11) is 1.25. The highest BCUT2D eigenvalue weighted by atomic mass is 16.7. The molecule has 0 bridgehead atoms. The number of Topliss-reactive ketones (excluding diaryl/α,β-unsaturated/α-hetero) is 1. The first-order chi connectivity index (χ1) is 14.1. The lowest BCUT2D eigenvalue weighted by Crippen LogP contribution is -2.39. The minimum Gasteiger partial charge on any atom is -0.468 e. The monoisotopic (exact) mass is 414 g/mol. The van der Waals surface area contributed by atoms with Crippen LogP contribution in [0.3, 0.4) is 0 Å². The van der Waals surface area contributed by atoms with Crippen LogP contribution in [0.25, 0.3) is 0 Å². The van der Waals surface area contributed by atoms with Gasteiger partial charge in [0.1, 0.15) is 5.92 Å². The zero-order valence-corrected chi connectivity index (χ0v) is 17.2. The van der Waals surface area contributed by atoms with Gasteiger partial charge in [0.2, 0.25) is 6.79 Å². The molecule has 3 aliphatic rings. The Morgan fingerprint density at radius 1 is 1.27 bits per heavy atom. The number of ketones is 1. The van der Waals surface area contributed by atoms with E-state index in [1.807, 2.05) is 13.8 Å². The van der Waals surface area contributed by atoms with Crippen molar-refractivity contribution in [2.24, 2.45) is 16.3 Å². The highest BCUT2D eigenvalue weighted by molar-refractivity contribution is 6.09. The lowest BCUT2D eigenvalue weighted by molar-refractivity contribution is -0.385. The van der Waals surface area contributed by atoms with E-state index >= 15 is 0 Å². The summed E-state index contributed by atoms with van der Waals surface area (Å²) in [6.07, 6.45) is 0.803. The maximum atomic E-state index is 13.2. The number of hydrogen-bond acceptors (Lipinski definition) is 8. The summed E-state index contributed by atoms with van der Waals surface area (Å²) >= 11 is 0. The van der Waals surface area contributed by atoms with Gasteiger partial charge in [-0.1, -0.05) is 13.8 Å². The van der Waals surface area contributed by atoms with Crippen LogP contribution in [0, 0.1) is 21.4 Å². The molecule has 0 saturated carbocycles. The van der Waals surface area contributed by atoms with Crippen molar-refractivity contribution in [1.29, 1.82) is 0 Å². The molecule has 4 rings (SSSR count). The van der Waals surface area contributed by atoms with Crippen LogP contribution in [-0.4, -0.2) is 36.3 Å². The number of carbonyl (C=O) groups is 2. The van der Waals surface area contributed by atoms with Crippen LogP contribution in [0.4, 0.5) is 5.69 Å². The second-order valence-electron chi connectivity index (χ2n) is 8.55. The maximum Gasteiger partial charge on any atom is 0.315 e. The van der Waals surface area contributed by atoms with Crippen molar-refractivity contribution in [3.63, 3.8) is 0 Å². The predicted octanol–water partition coefficient (Wildman–Crippen LogP) is 3.31. The number of carbonyl (C=O) groups excluding carboxylic acids is 2. The maximum absolute atomic E-state index is 13.2. The number of aliphatic imine (C=N–C) groups is 1. The predicted molar refractivity (Wildman–Crippen MR) is 106 cm³/mol. The summed E-state index contributed by atoms with van der Waals surface area (Å²) in [5.74, 6) is -2.00. The SMILES string of the molecule is COC(=O)C1C(C)=NC2=C(C(=O)CC(C)(C)C2)[C@@H]1c1cc2c(cc1[N+](=O)[O-])OCO2.